The second-order valence-electron chi connectivity index (χ2n) is 3.03. The molecule has 65 valence electrons. The first-order valence-corrected chi connectivity index (χ1v) is 4.80. The van der Waals surface area contributed by atoms with Crippen LogP contribution in [0.3, 0.4) is 0 Å². The number of allylic oxidation sites excluding steroid dienone is 6. The molecule has 0 aromatic heterocycles. The maximum atomic E-state index is 2.26. The van der Waals surface area contributed by atoms with Gasteiger partial charge >= 0.3 is 0 Å². The summed E-state index contributed by atoms with van der Waals surface area (Å²) in [5.74, 6) is 0. The smallest absolute Gasteiger partial charge is 0.0167 e. The molecule has 0 aliphatic heterocycles. The van der Waals surface area contributed by atoms with Gasteiger partial charge in [0.05, 0.1) is 0 Å². The van der Waals surface area contributed by atoms with Crippen molar-refractivity contribution >= 4 is 0 Å². The Labute approximate surface area is 75.7 Å². The summed E-state index contributed by atoms with van der Waals surface area (Å²) >= 11 is 0. The molecule has 0 heterocycles. The molecule has 0 bridgehead atoms. The van der Waals surface area contributed by atoms with Crippen LogP contribution in [0.15, 0.2) is 36.5 Å². The zero-order valence-corrected chi connectivity index (χ0v) is 7.58. The minimum atomic E-state index is 1.16. The lowest BCUT2D eigenvalue weighted by Crippen LogP contribution is -1.74. The maximum Gasteiger partial charge on any atom is -0.0167 e. The lowest BCUT2D eigenvalue weighted by atomic mass is 10.1. The van der Waals surface area contributed by atoms with Gasteiger partial charge in [0, 0.05) is 0 Å². The van der Waals surface area contributed by atoms with Gasteiger partial charge < -0.3 is 0 Å². The molecular formula is C12H17. The molecule has 0 spiro atoms. The largest absolute Gasteiger partial charge is 0.0882 e. The van der Waals surface area contributed by atoms with Crippen molar-refractivity contribution in [3.05, 3.63) is 42.9 Å². The van der Waals surface area contributed by atoms with E-state index in [0.29, 0.717) is 0 Å². The van der Waals surface area contributed by atoms with E-state index >= 15 is 0 Å². The van der Waals surface area contributed by atoms with Crippen LogP contribution in [-0.4, -0.2) is 0 Å². The predicted molar refractivity (Wildman–Crippen MR) is 54.8 cm³/mol. The van der Waals surface area contributed by atoms with Crippen LogP contribution in [0.4, 0.5) is 0 Å². The molecular weight excluding hydrogens is 144 g/mol. The number of hydrogen-bond acceptors (Lipinski definition) is 0. The van der Waals surface area contributed by atoms with E-state index in [1.54, 1.807) is 0 Å². The Morgan fingerprint density at radius 1 is 0.583 bits per heavy atom. The van der Waals surface area contributed by atoms with Crippen molar-refractivity contribution in [2.24, 2.45) is 0 Å². The molecule has 0 unspecified atom stereocenters. The van der Waals surface area contributed by atoms with Gasteiger partial charge in [0.1, 0.15) is 0 Å². The molecule has 1 radical (unpaired) electrons. The van der Waals surface area contributed by atoms with Crippen LogP contribution in [0.1, 0.15) is 32.1 Å². The minimum absolute atomic E-state index is 1.16. The molecule has 0 N–H and O–H groups in total. The highest BCUT2D eigenvalue weighted by Gasteiger charge is 1.83. The van der Waals surface area contributed by atoms with Gasteiger partial charge in [0.15, 0.2) is 0 Å². The molecule has 0 aromatic carbocycles. The highest BCUT2D eigenvalue weighted by atomic mass is 13.9. The molecule has 12 heavy (non-hydrogen) atoms. The third-order valence-electron chi connectivity index (χ3n) is 1.90. The van der Waals surface area contributed by atoms with Crippen molar-refractivity contribution in [2.45, 2.75) is 32.1 Å². The Morgan fingerprint density at radius 3 is 2.08 bits per heavy atom. The fourth-order valence-electron chi connectivity index (χ4n) is 1.18. The van der Waals surface area contributed by atoms with Gasteiger partial charge in [0.2, 0.25) is 0 Å². The van der Waals surface area contributed by atoms with Crippen LogP contribution in [0, 0.1) is 6.42 Å². The molecule has 0 nitrogen and oxygen atoms in total. The molecule has 0 heteroatoms. The summed E-state index contributed by atoms with van der Waals surface area (Å²) in [6.45, 7) is 0. The van der Waals surface area contributed by atoms with E-state index in [1.165, 1.54) is 25.7 Å². The lowest BCUT2D eigenvalue weighted by molar-refractivity contribution is 0.864. The summed E-state index contributed by atoms with van der Waals surface area (Å²) in [5.41, 5.74) is 0. The van der Waals surface area contributed by atoms with Gasteiger partial charge in [0.25, 0.3) is 0 Å². The standard InChI is InChI=1S/C12H17/c1-2-4-6-8-10-12-11-9-7-5-3-1/h1-4,9,11-12H,5-8,10H2. The SMILES string of the molecule is [CH]1C=CCCCC=CC=CCC1. The average Bonchev–Trinajstić information content (AvgIpc) is 2.05. The minimum Gasteiger partial charge on any atom is -0.0882 e. The molecule has 1 aliphatic rings. The molecule has 0 saturated carbocycles. The van der Waals surface area contributed by atoms with E-state index in [-0.39, 0.29) is 0 Å². The van der Waals surface area contributed by atoms with Crippen molar-refractivity contribution in [1.29, 1.82) is 0 Å². The van der Waals surface area contributed by atoms with Crippen LogP contribution in [0.2, 0.25) is 0 Å². The normalized spacial score (nSPS) is 20.0. The molecule has 0 saturated heterocycles. The van der Waals surface area contributed by atoms with Gasteiger partial charge in [-0.05, 0) is 38.5 Å². The van der Waals surface area contributed by atoms with Crippen molar-refractivity contribution in [2.75, 3.05) is 0 Å². The average molecular weight is 161 g/mol. The fourth-order valence-corrected chi connectivity index (χ4v) is 1.18. The van der Waals surface area contributed by atoms with Crippen molar-refractivity contribution < 1.29 is 0 Å². The molecule has 0 aromatic rings. The maximum absolute atomic E-state index is 2.26. The summed E-state index contributed by atoms with van der Waals surface area (Å²) in [7, 11) is 0. The molecule has 1 aliphatic carbocycles. The molecule has 1 rings (SSSR count). The van der Waals surface area contributed by atoms with E-state index in [9.17, 15) is 0 Å². The van der Waals surface area contributed by atoms with Crippen LogP contribution >= 0.6 is 0 Å². The Kier molecular flexibility index (Phi) is 5.35. The highest BCUT2D eigenvalue weighted by Crippen LogP contribution is 2.03. The summed E-state index contributed by atoms with van der Waals surface area (Å²) in [4.78, 5) is 0. The third-order valence-corrected chi connectivity index (χ3v) is 1.90. The fraction of sp³-hybridized carbons (Fsp3) is 0.417. The summed E-state index contributed by atoms with van der Waals surface area (Å²) in [5, 5.41) is 0. The first-order chi connectivity index (χ1) is 6.00. The number of rotatable bonds is 0. The second-order valence-corrected chi connectivity index (χ2v) is 3.03. The zero-order chi connectivity index (χ0) is 8.49. The molecule has 0 amide bonds. The van der Waals surface area contributed by atoms with Crippen molar-refractivity contribution in [3.63, 3.8) is 0 Å². The van der Waals surface area contributed by atoms with Crippen LogP contribution in [0.25, 0.3) is 0 Å². The second kappa shape index (κ2) is 6.90. The highest BCUT2D eigenvalue weighted by molar-refractivity contribution is 5.04. The van der Waals surface area contributed by atoms with Crippen molar-refractivity contribution in [1.82, 2.24) is 0 Å². The monoisotopic (exact) mass is 161 g/mol. The summed E-state index contributed by atoms with van der Waals surface area (Å²) in [6.07, 6.45) is 21.5. The Hall–Kier alpha value is -0.780. The van der Waals surface area contributed by atoms with Crippen LogP contribution < -0.4 is 0 Å². The van der Waals surface area contributed by atoms with Gasteiger partial charge in [-0.3, -0.25) is 0 Å². The third kappa shape index (κ3) is 4.95. The Balaban J connectivity index is 2.30. The molecule has 0 atom stereocenters. The molecule has 0 fully saturated rings. The summed E-state index contributed by atoms with van der Waals surface area (Å²) in [6, 6.07) is 0. The first-order valence-electron chi connectivity index (χ1n) is 4.80. The van der Waals surface area contributed by atoms with Gasteiger partial charge in [-0.25, -0.2) is 0 Å². The van der Waals surface area contributed by atoms with E-state index in [2.05, 4.69) is 42.9 Å². The predicted octanol–water partition coefficient (Wildman–Crippen LogP) is 3.82. The first kappa shape index (κ1) is 9.31. The van der Waals surface area contributed by atoms with E-state index < -0.39 is 0 Å². The van der Waals surface area contributed by atoms with Gasteiger partial charge in [-0.2, -0.15) is 0 Å². The Bertz CT molecular complexity index is 152. The van der Waals surface area contributed by atoms with Crippen LogP contribution in [0.5, 0.6) is 0 Å². The quantitative estimate of drug-likeness (QED) is 0.506. The van der Waals surface area contributed by atoms with E-state index in [1.807, 2.05) is 0 Å². The zero-order valence-electron chi connectivity index (χ0n) is 7.58. The van der Waals surface area contributed by atoms with E-state index in [0.717, 1.165) is 6.42 Å². The number of hydrogen-bond donors (Lipinski definition) is 0. The summed E-state index contributed by atoms with van der Waals surface area (Å²) < 4.78 is 0. The van der Waals surface area contributed by atoms with Gasteiger partial charge in [-0.15, -0.1) is 0 Å². The van der Waals surface area contributed by atoms with Crippen LogP contribution in [-0.2, 0) is 0 Å². The van der Waals surface area contributed by atoms with Crippen molar-refractivity contribution in [3.8, 4) is 0 Å². The lowest BCUT2D eigenvalue weighted by Gasteiger charge is -1.93. The Morgan fingerprint density at radius 2 is 1.25 bits per heavy atom. The van der Waals surface area contributed by atoms with Gasteiger partial charge in [-0.1, -0.05) is 36.5 Å². The topological polar surface area (TPSA) is 0 Å². The van der Waals surface area contributed by atoms with E-state index in [4.69, 9.17) is 0 Å².